The molecule has 5 aliphatic heterocycles. The van der Waals surface area contributed by atoms with Gasteiger partial charge in [0.05, 0.1) is 36.7 Å². The number of methoxy groups -OCH3 is 1. The fraction of sp³-hybridized carbons (Fsp3) is 0.600. The molecule has 0 radical (unpaired) electrons. The molecule has 3 saturated heterocycles. The van der Waals surface area contributed by atoms with Crippen molar-refractivity contribution in [2.24, 2.45) is 16.7 Å². The van der Waals surface area contributed by atoms with Gasteiger partial charge < -0.3 is 39.2 Å². The summed E-state index contributed by atoms with van der Waals surface area (Å²) in [6, 6.07) is 8.22. The first-order valence-electron chi connectivity index (χ1n) is 28.4. The van der Waals surface area contributed by atoms with Crippen LogP contribution in [0.25, 0.3) is 27.7 Å². The monoisotopic (exact) mass is 1070 g/mol. The van der Waals surface area contributed by atoms with Crippen molar-refractivity contribution in [3.05, 3.63) is 83.7 Å². The second-order valence-electron chi connectivity index (χ2n) is 23.9. The number of esters is 1. The van der Waals surface area contributed by atoms with Crippen molar-refractivity contribution in [1.29, 1.82) is 0 Å². The number of β-amino-alcohol motifs (C(OH)–C–C–N with tert-alkyl or cyclic N) is 1. The zero-order valence-electron chi connectivity index (χ0n) is 47.6. The van der Waals surface area contributed by atoms with E-state index in [2.05, 4.69) is 82.8 Å². The van der Waals surface area contributed by atoms with E-state index in [4.69, 9.17) is 14.5 Å². The number of hydrogen-bond donors (Lipinski definition) is 3. The van der Waals surface area contributed by atoms with E-state index in [9.17, 15) is 19.5 Å². The number of carbonyl (C=O) groups excluding carboxylic acids is 5. The van der Waals surface area contributed by atoms with E-state index in [1.165, 1.54) is 11.0 Å². The molecule has 1 aromatic carbocycles. The highest BCUT2D eigenvalue weighted by Gasteiger charge is 2.56. The van der Waals surface area contributed by atoms with Gasteiger partial charge in [0.1, 0.15) is 17.5 Å². The van der Waals surface area contributed by atoms with E-state index in [-0.39, 0.29) is 49.0 Å². The highest BCUT2D eigenvalue weighted by atomic mass is 16.5. The molecule has 6 bridgehead atoms. The number of aliphatic hydroxyl groups is 1. The molecule has 422 valence electrons. The topological polar surface area (TPSA) is 185 Å². The molecule has 3 fully saturated rings. The zero-order chi connectivity index (χ0) is 55.8. The Morgan fingerprint density at radius 3 is 2.51 bits per heavy atom. The van der Waals surface area contributed by atoms with Gasteiger partial charge in [-0.2, -0.15) is 0 Å². The third-order valence-corrected chi connectivity index (χ3v) is 17.8. The van der Waals surface area contributed by atoms with Gasteiger partial charge in [-0.25, -0.2) is 10.2 Å². The highest BCUT2D eigenvalue weighted by Crippen LogP contribution is 2.45. The van der Waals surface area contributed by atoms with Crippen LogP contribution in [0, 0.1) is 16.7 Å². The summed E-state index contributed by atoms with van der Waals surface area (Å²) < 4.78 is 14.5. The Kier molecular flexibility index (Phi) is 16.8. The van der Waals surface area contributed by atoms with Gasteiger partial charge in [0.15, 0.2) is 0 Å². The Labute approximate surface area is 460 Å². The number of aryl methyl sites for hydroxylation is 1. The minimum absolute atomic E-state index is 0.00743. The van der Waals surface area contributed by atoms with Gasteiger partial charge in [-0.05, 0) is 112 Å². The van der Waals surface area contributed by atoms with E-state index in [1.807, 2.05) is 46.0 Å². The molecule has 7 heterocycles. The summed E-state index contributed by atoms with van der Waals surface area (Å²) in [4.78, 5) is 86.6. The number of piperidine rings is 1. The summed E-state index contributed by atoms with van der Waals surface area (Å²) in [6.45, 7) is 23.7. The molecule has 6 atom stereocenters. The predicted octanol–water partition coefficient (Wildman–Crippen LogP) is 5.81. The summed E-state index contributed by atoms with van der Waals surface area (Å²) in [6.07, 6.45) is 10.8. The molecule has 1 aliphatic carbocycles. The number of piperazine rings is 1. The summed E-state index contributed by atoms with van der Waals surface area (Å²) in [7, 11) is 3.38. The lowest BCUT2D eigenvalue weighted by molar-refractivity contribution is -0.158. The molecule has 6 aliphatic rings. The molecule has 3 aromatic rings. The molecule has 18 heteroatoms. The lowest BCUT2D eigenvalue weighted by atomic mass is 9.65. The first-order valence-corrected chi connectivity index (χ1v) is 28.4. The van der Waals surface area contributed by atoms with Gasteiger partial charge in [0, 0.05) is 120 Å². The van der Waals surface area contributed by atoms with Crippen LogP contribution in [0.3, 0.4) is 0 Å². The maximum absolute atomic E-state index is 15.5. The summed E-state index contributed by atoms with van der Waals surface area (Å²) in [5.74, 6) is -1.42. The molecule has 18 nitrogen and oxygen atoms in total. The average Bonchev–Trinajstić information content (AvgIpc) is 3.88. The van der Waals surface area contributed by atoms with Gasteiger partial charge in [-0.1, -0.05) is 58.1 Å². The Morgan fingerprint density at radius 2 is 1.82 bits per heavy atom. The van der Waals surface area contributed by atoms with Crippen molar-refractivity contribution in [2.75, 3.05) is 92.8 Å². The van der Waals surface area contributed by atoms with Crippen LogP contribution in [0.1, 0.15) is 103 Å². The minimum Gasteiger partial charge on any atom is -0.464 e. The number of urea groups is 1. The maximum Gasteiger partial charge on any atom is 0.324 e. The summed E-state index contributed by atoms with van der Waals surface area (Å²) in [5, 5.41) is 16.0. The van der Waals surface area contributed by atoms with Crippen LogP contribution in [0.2, 0.25) is 0 Å². The molecular weight excluding hydrogens is 989 g/mol. The SMILES string of the molecule is C=CC(=O)N1CCN(CCO)C2(CCN(C(=O)N(C)[C@H](C(=O)NC3C(C)=C[C@@]34CN3CCC=C(C3)c3ccc5c(c3)c(c(-c3cccnc3[C@H](C)OC)n5CC)CC(C)(C)COC(=O)[C@@H]3CCCN(N3)C4=O)C(C)C)CC2)C1. The van der Waals surface area contributed by atoms with Crippen LogP contribution in [0.4, 0.5) is 4.79 Å². The molecule has 3 N–H and O–H groups in total. The summed E-state index contributed by atoms with van der Waals surface area (Å²) in [5.41, 5.74) is 9.45. The lowest BCUT2D eigenvalue weighted by Gasteiger charge is -2.54. The van der Waals surface area contributed by atoms with E-state index in [0.717, 1.165) is 56.5 Å². The molecule has 5 amide bonds. The van der Waals surface area contributed by atoms with Crippen molar-refractivity contribution in [1.82, 2.24) is 49.8 Å². The Morgan fingerprint density at radius 1 is 1.05 bits per heavy atom. The number of likely N-dealkylation sites (N-methyl/N-ethyl adjacent to an activating group) is 1. The number of aromatic nitrogens is 2. The third kappa shape index (κ3) is 10.8. The number of carbonyl (C=O) groups is 5. The van der Waals surface area contributed by atoms with Crippen molar-refractivity contribution in [2.45, 2.75) is 123 Å². The van der Waals surface area contributed by atoms with Crippen LogP contribution >= 0.6 is 0 Å². The predicted molar refractivity (Wildman–Crippen MR) is 300 cm³/mol. The average molecular weight is 1070 g/mol. The third-order valence-electron chi connectivity index (χ3n) is 17.8. The van der Waals surface area contributed by atoms with Crippen molar-refractivity contribution in [3.63, 3.8) is 0 Å². The first-order chi connectivity index (χ1) is 37.3. The maximum atomic E-state index is 15.5. The lowest BCUT2D eigenvalue weighted by Crippen LogP contribution is -2.69. The molecule has 0 saturated carbocycles. The molecule has 78 heavy (non-hydrogen) atoms. The summed E-state index contributed by atoms with van der Waals surface area (Å²) >= 11 is 0. The Balaban J connectivity index is 1.02. The van der Waals surface area contributed by atoms with Crippen LogP contribution in [0.5, 0.6) is 0 Å². The normalized spacial score (nSPS) is 25.4. The number of benzene rings is 1. The minimum atomic E-state index is -1.22. The molecule has 2 unspecified atom stereocenters. The number of nitrogens with zero attached hydrogens (tertiary/aromatic N) is 8. The quantitative estimate of drug-likeness (QED) is 0.119. The van der Waals surface area contributed by atoms with E-state index in [1.54, 1.807) is 29.0 Å². The van der Waals surface area contributed by atoms with Crippen molar-refractivity contribution in [3.8, 4) is 11.3 Å². The standard InChI is InChI=1S/C60H84N10O8/c1-11-49(72)67-28-29-68(30-31-71)59(36-67)21-26-66(27-22-59)57(76)64(9)51(39(3)4)54(73)62-53-40(5)33-60(53)37-65-24-14-16-43(35-65)42-19-20-48-45(32-42)46(52(69(48)12-2)44-17-13-23-61-50(44)41(6)77-10)34-58(7,8)38-78-55(74)47-18-15-25-70(63-47)56(60)75/h11,13,16-17,19-20,23,32-33,39,41,47,51,53,63,71H,1,12,14-15,18,21-22,24-31,34-38H2,2-10H3,(H,62,73)/t41-,47-,51-,53?,60+/m0/s1. The number of nitrogens with one attached hydrogen (secondary N) is 2. The molecule has 2 spiro atoms. The number of hydrazine groups is 1. The largest absolute Gasteiger partial charge is 0.464 e. The number of cyclic esters (lactones) is 1. The number of hydrogen-bond acceptors (Lipinski definition) is 12. The fourth-order valence-corrected chi connectivity index (χ4v) is 13.7. The van der Waals surface area contributed by atoms with Crippen molar-refractivity contribution >= 4 is 46.2 Å². The number of rotatable bonds is 11. The highest BCUT2D eigenvalue weighted by molar-refractivity contribution is 5.96. The molecular formula is C60H84N10O8. The van der Waals surface area contributed by atoms with Crippen LogP contribution < -0.4 is 10.7 Å². The smallest absolute Gasteiger partial charge is 0.324 e. The molecule has 2 aromatic heterocycles. The number of pyridine rings is 1. The van der Waals surface area contributed by atoms with Gasteiger partial charge in [-0.15, -0.1) is 0 Å². The number of ether oxygens (including phenoxy) is 2. The van der Waals surface area contributed by atoms with Crippen LogP contribution in [-0.4, -0.2) is 190 Å². The Bertz CT molecular complexity index is 2850. The van der Waals surface area contributed by atoms with Gasteiger partial charge in [0.2, 0.25) is 17.7 Å². The Hall–Kier alpha value is -5.92. The fourth-order valence-electron chi connectivity index (χ4n) is 13.7. The van der Waals surface area contributed by atoms with E-state index in [0.29, 0.717) is 104 Å². The second-order valence-corrected chi connectivity index (χ2v) is 23.9. The number of likely N-dealkylation sites (tertiary alicyclic amines) is 1. The second kappa shape index (κ2) is 23.0. The number of aliphatic hydroxyl groups excluding tert-OH is 1. The molecule has 9 rings (SSSR count). The van der Waals surface area contributed by atoms with E-state index >= 15 is 9.59 Å². The van der Waals surface area contributed by atoms with Gasteiger partial charge in [-0.3, -0.25) is 39.0 Å². The van der Waals surface area contributed by atoms with Gasteiger partial charge >= 0.3 is 12.0 Å². The van der Waals surface area contributed by atoms with E-state index < -0.39 is 40.5 Å². The van der Waals surface area contributed by atoms with Crippen molar-refractivity contribution < 1.29 is 38.6 Å². The number of fused-ring (bicyclic) bond motifs is 6. The first kappa shape index (κ1) is 56.8. The van der Waals surface area contributed by atoms with Gasteiger partial charge in [0.25, 0.3) is 0 Å². The van der Waals surface area contributed by atoms with Crippen LogP contribution in [-0.2, 0) is 41.6 Å². The number of amides is 5. The zero-order valence-corrected chi connectivity index (χ0v) is 47.6. The van der Waals surface area contributed by atoms with Crippen LogP contribution in [0.15, 0.2) is 66.9 Å².